The van der Waals surface area contributed by atoms with Gasteiger partial charge in [0.2, 0.25) is 5.91 Å². The smallest absolute Gasteiger partial charge is 0.228 e. The van der Waals surface area contributed by atoms with Crippen molar-refractivity contribution in [3.63, 3.8) is 0 Å². The van der Waals surface area contributed by atoms with E-state index in [4.69, 9.17) is 16.3 Å². The third kappa shape index (κ3) is 6.72. The maximum absolute atomic E-state index is 14.0. The SMILES string of the molecule is CC(=O)C1C[C@H](F)C1OCc1ccc(NC(=O)Cc2ccccc2Cl)cc1SCc1ccccc1. The molecule has 1 N–H and O–H groups in total. The fourth-order valence-electron chi connectivity index (χ4n) is 4.01. The highest BCUT2D eigenvalue weighted by molar-refractivity contribution is 7.98. The summed E-state index contributed by atoms with van der Waals surface area (Å²) in [6.07, 6.45) is -1.42. The van der Waals surface area contributed by atoms with Crippen LogP contribution in [0, 0.1) is 5.92 Å². The number of Topliss-reactive ketones (excluding diaryl/α,β-unsaturated/α-hetero) is 1. The van der Waals surface area contributed by atoms with Crippen LogP contribution < -0.4 is 5.32 Å². The van der Waals surface area contributed by atoms with Crippen LogP contribution in [-0.2, 0) is 33.1 Å². The highest BCUT2D eigenvalue weighted by Crippen LogP contribution is 2.36. The second kappa shape index (κ2) is 11.8. The molecule has 182 valence electrons. The molecule has 4 rings (SSSR count). The van der Waals surface area contributed by atoms with E-state index in [2.05, 4.69) is 17.4 Å². The second-order valence-electron chi connectivity index (χ2n) is 8.66. The Morgan fingerprint density at radius 2 is 1.80 bits per heavy atom. The second-order valence-corrected chi connectivity index (χ2v) is 10.1. The van der Waals surface area contributed by atoms with Gasteiger partial charge in [-0.2, -0.15) is 0 Å². The molecule has 0 bridgehead atoms. The standard InChI is InChI=1S/C28H27ClFNO3S/c1-18(32)23-15-25(30)28(23)34-16-21-11-12-22(14-26(21)35-17-19-7-3-2-4-8-19)31-27(33)13-20-9-5-6-10-24(20)29/h2-12,14,23,25,28H,13,15-17H2,1H3,(H,31,33)/t23?,25-,28?/m0/s1. The van der Waals surface area contributed by atoms with Crippen LogP contribution in [0.1, 0.15) is 30.0 Å². The zero-order valence-electron chi connectivity index (χ0n) is 19.4. The number of ether oxygens (including phenoxy) is 1. The molecule has 1 amide bonds. The molecule has 0 aliphatic heterocycles. The summed E-state index contributed by atoms with van der Waals surface area (Å²) >= 11 is 7.81. The number of hydrogen-bond acceptors (Lipinski definition) is 4. The van der Waals surface area contributed by atoms with Gasteiger partial charge < -0.3 is 10.1 Å². The third-order valence-electron chi connectivity index (χ3n) is 6.08. The molecule has 2 unspecified atom stereocenters. The fraction of sp³-hybridized carbons (Fsp3) is 0.286. The summed E-state index contributed by atoms with van der Waals surface area (Å²) in [6.45, 7) is 1.67. The number of nitrogens with one attached hydrogen (secondary N) is 1. The van der Waals surface area contributed by atoms with Crippen LogP contribution in [0.5, 0.6) is 0 Å². The molecule has 0 aromatic heterocycles. The van der Waals surface area contributed by atoms with Crippen molar-refractivity contribution >= 4 is 40.7 Å². The van der Waals surface area contributed by atoms with E-state index in [1.807, 2.05) is 54.6 Å². The first-order valence-corrected chi connectivity index (χ1v) is 12.9. The molecule has 1 fully saturated rings. The van der Waals surface area contributed by atoms with Crippen LogP contribution in [0.25, 0.3) is 0 Å². The Morgan fingerprint density at radius 1 is 1.06 bits per heavy atom. The van der Waals surface area contributed by atoms with Gasteiger partial charge in [-0.15, -0.1) is 11.8 Å². The summed E-state index contributed by atoms with van der Waals surface area (Å²) < 4.78 is 19.9. The fourth-order valence-corrected chi connectivity index (χ4v) is 5.25. The maximum Gasteiger partial charge on any atom is 0.228 e. The van der Waals surface area contributed by atoms with Crippen LogP contribution >= 0.6 is 23.4 Å². The van der Waals surface area contributed by atoms with Gasteiger partial charge in [-0.3, -0.25) is 9.59 Å². The minimum atomic E-state index is -1.12. The largest absolute Gasteiger partial charge is 0.370 e. The summed E-state index contributed by atoms with van der Waals surface area (Å²) in [7, 11) is 0. The van der Waals surface area contributed by atoms with Crippen molar-refractivity contribution in [3.8, 4) is 0 Å². The van der Waals surface area contributed by atoms with E-state index in [-0.39, 0.29) is 37.1 Å². The van der Waals surface area contributed by atoms with Gasteiger partial charge in [0.15, 0.2) is 0 Å². The third-order valence-corrected chi connectivity index (χ3v) is 7.62. The molecule has 0 spiro atoms. The van der Waals surface area contributed by atoms with Gasteiger partial charge in [0, 0.05) is 27.3 Å². The van der Waals surface area contributed by atoms with Crippen LogP contribution in [0.15, 0.2) is 77.7 Å². The molecular weight excluding hydrogens is 485 g/mol. The predicted octanol–water partition coefficient (Wildman–Crippen LogP) is 6.65. The number of benzene rings is 3. The zero-order chi connectivity index (χ0) is 24.8. The number of ketones is 1. The molecular formula is C28H27ClFNO3S. The predicted molar refractivity (Wildman–Crippen MR) is 138 cm³/mol. The molecule has 3 aromatic carbocycles. The molecule has 35 heavy (non-hydrogen) atoms. The molecule has 0 saturated heterocycles. The minimum Gasteiger partial charge on any atom is -0.370 e. The van der Waals surface area contributed by atoms with Gasteiger partial charge in [-0.1, -0.05) is 66.2 Å². The molecule has 1 saturated carbocycles. The lowest BCUT2D eigenvalue weighted by molar-refractivity contribution is -0.148. The van der Waals surface area contributed by atoms with Gasteiger partial charge in [0.1, 0.15) is 12.0 Å². The Kier molecular flexibility index (Phi) is 8.60. The average Bonchev–Trinajstić information content (AvgIpc) is 2.84. The first-order chi connectivity index (χ1) is 16.9. The molecule has 0 radical (unpaired) electrons. The van der Waals surface area contributed by atoms with E-state index in [0.29, 0.717) is 10.7 Å². The maximum atomic E-state index is 14.0. The summed E-state index contributed by atoms with van der Waals surface area (Å²) in [5.41, 5.74) is 3.47. The minimum absolute atomic E-state index is 0.0424. The van der Waals surface area contributed by atoms with Crippen LogP contribution in [0.2, 0.25) is 5.02 Å². The van der Waals surface area contributed by atoms with Gasteiger partial charge >= 0.3 is 0 Å². The Hall–Kier alpha value is -2.67. The van der Waals surface area contributed by atoms with Crippen molar-refractivity contribution in [1.29, 1.82) is 0 Å². The number of anilines is 1. The molecule has 0 heterocycles. The van der Waals surface area contributed by atoms with Gasteiger partial charge in [-0.25, -0.2) is 4.39 Å². The molecule has 7 heteroatoms. The van der Waals surface area contributed by atoms with E-state index in [1.54, 1.807) is 17.8 Å². The molecule has 1 aliphatic rings. The Balaban J connectivity index is 1.47. The van der Waals surface area contributed by atoms with E-state index >= 15 is 0 Å². The number of alkyl halides is 1. The first kappa shape index (κ1) is 25.4. The molecule has 1 aliphatic carbocycles. The van der Waals surface area contributed by atoms with Crippen molar-refractivity contribution in [2.24, 2.45) is 5.92 Å². The number of hydrogen-bond donors (Lipinski definition) is 1. The highest BCUT2D eigenvalue weighted by atomic mass is 35.5. The topological polar surface area (TPSA) is 55.4 Å². The summed E-state index contributed by atoms with van der Waals surface area (Å²) in [6, 6.07) is 22.9. The quantitative estimate of drug-likeness (QED) is 0.310. The number of rotatable bonds is 10. The Morgan fingerprint density at radius 3 is 2.51 bits per heavy atom. The van der Waals surface area contributed by atoms with Crippen LogP contribution in [-0.4, -0.2) is 24.0 Å². The monoisotopic (exact) mass is 511 g/mol. The summed E-state index contributed by atoms with van der Waals surface area (Å²) in [4.78, 5) is 25.3. The van der Waals surface area contributed by atoms with E-state index in [9.17, 15) is 14.0 Å². The molecule has 4 nitrogen and oxygen atoms in total. The van der Waals surface area contributed by atoms with Gasteiger partial charge in [0.25, 0.3) is 0 Å². The lowest BCUT2D eigenvalue weighted by Crippen LogP contribution is -2.48. The zero-order valence-corrected chi connectivity index (χ0v) is 21.0. The highest BCUT2D eigenvalue weighted by Gasteiger charge is 2.45. The Bertz CT molecular complexity index is 1190. The van der Waals surface area contributed by atoms with Crippen LogP contribution in [0.4, 0.5) is 10.1 Å². The normalized spacial score (nSPS) is 19.1. The van der Waals surface area contributed by atoms with Crippen molar-refractivity contribution in [2.75, 3.05) is 5.32 Å². The first-order valence-electron chi connectivity index (χ1n) is 11.5. The Labute approximate surface area is 214 Å². The van der Waals surface area contributed by atoms with E-state index < -0.39 is 12.3 Å². The van der Waals surface area contributed by atoms with Crippen molar-refractivity contribution in [1.82, 2.24) is 0 Å². The van der Waals surface area contributed by atoms with E-state index in [0.717, 1.165) is 27.3 Å². The number of carbonyl (C=O) groups excluding carboxylic acids is 2. The molecule has 3 atom stereocenters. The van der Waals surface area contributed by atoms with Gasteiger partial charge in [-0.05, 0) is 48.2 Å². The van der Waals surface area contributed by atoms with E-state index in [1.165, 1.54) is 6.92 Å². The summed E-state index contributed by atoms with van der Waals surface area (Å²) in [5.74, 6) is 0.143. The number of carbonyl (C=O) groups is 2. The molecule has 3 aromatic rings. The van der Waals surface area contributed by atoms with Gasteiger partial charge in [0.05, 0.1) is 19.1 Å². The number of thioether (sulfide) groups is 1. The van der Waals surface area contributed by atoms with Crippen LogP contribution in [0.3, 0.4) is 0 Å². The average molecular weight is 512 g/mol. The van der Waals surface area contributed by atoms with Crippen molar-refractivity contribution < 1.29 is 18.7 Å². The lowest BCUT2D eigenvalue weighted by Gasteiger charge is -2.38. The van der Waals surface area contributed by atoms with Crippen molar-refractivity contribution in [2.45, 2.75) is 49.3 Å². The van der Waals surface area contributed by atoms with Crippen molar-refractivity contribution in [3.05, 3.63) is 94.5 Å². The summed E-state index contributed by atoms with van der Waals surface area (Å²) in [5, 5.41) is 3.50. The number of halogens is 2. The lowest BCUT2D eigenvalue weighted by atomic mass is 9.77. The number of amides is 1.